The summed E-state index contributed by atoms with van der Waals surface area (Å²) < 4.78 is 11.2. The van der Waals surface area contributed by atoms with E-state index in [4.69, 9.17) is 32.4 Å². The average Bonchev–Trinajstić information content (AvgIpc) is 2.72. The minimum Gasteiger partial charge on any atom is -0.507 e. The molecule has 0 spiro atoms. The largest absolute Gasteiger partial charge is 0.507 e. The van der Waals surface area contributed by atoms with E-state index in [1.807, 2.05) is 13.8 Å². The molecule has 3 N–H and O–H groups in total. The average molecular weight is 466 g/mol. The number of benzene rings is 2. The highest BCUT2D eigenvalue weighted by Gasteiger charge is 2.24. The first-order valence-electron chi connectivity index (χ1n) is 9.58. The molecule has 3 aromatic rings. The van der Waals surface area contributed by atoms with Crippen molar-refractivity contribution in [1.29, 1.82) is 0 Å². The van der Waals surface area contributed by atoms with Gasteiger partial charge in [0.2, 0.25) is 11.2 Å². The number of hydrogen-bond donors (Lipinski definition) is 3. The van der Waals surface area contributed by atoms with Crippen LogP contribution >= 0.6 is 23.2 Å². The first-order valence-corrected chi connectivity index (χ1v) is 10.3. The van der Waals surface area contributed by atoms with Crippen molar-refractivity contribution >= 4 is 40.1 Å². The highest BCUT2D eigenvalue weighted by atomic mass is 35.5. The zero-order chi connectivity index (χ0) is 22.7. The number of aromatic hydroxyl groups is 1. The molecule has 0 aliphatic rings. The van der Waals surface area contributed by atoms with Crippen LogP contribution in [0.1, 0.15) is 25.8 Å². The van der Waals surface area contributed by atoms with Crippen LogP contribution in [0.2, 0.25) is 10.0 Å². The van der Waals surface area contributed by atoms with Crippen LogP contribution in [0, 0.1) is 5.92 Å². The number of phenolic OH excluding ortho intramolecular Hbond substituents is 1. The van der Waals surface area contributed by atoms with Crippen LogP contribution in [0.25, 0.3) is 11.0 Å². The number of carboxylic acid groups (broad SMARTS) is 1. The van der Waals surface area contributed by atoms with Crippen LogP contribution in [0.15, 0.2) is 45.8 Å². The van der Waals surface area contributed by atoms with Crippen molar-refractivity contribution < 1.29 is 24.2 Å². The number of carboxylic acids is 1. The quantitative estimate of drug-likeness (QED) is 0.419. The van der Waals surface area contributed by atoms with Gasteiger partial charge in [0.05, 0.1) is 16.0 Å². The molecule has 0 amide bonds. The first kappa shape index (κ1) is 22.9. The van der Waals surface area contributed by atoms with Crippen LogP contribution in [0.3, 0.4) is 0 Å². The number of phenols is 1. The molecule has 0 saturated carbocycles. The van der Waals surface area contributed by atoms with Gasteiger partial charge in [-0.2, -0.15) is 0 Å². The molecule has 0 bridgehead atoms. The summed E-state index contributed by atoms with van der Waals surface area (Å²) in [6.45, 7) is 3.71. The minimum absolute atomic E-state index is 0.00334. The van der Waals surface area contributed by atoms with Crippen molar-refractivity contribution in [2.45, 2.75) is 32.9 Å². The maximum Gasteiger partial charge on any atom is 0.320 e. The molecule has 2 atom stereocenters. The van der Waals surface area contributed by atoms with Gasteiger partial charge in [-0.1, -0.05) is 43.5 Å². The lowest BCUT2D eigenvalue weighted by molar-refractivity contribution is -0.140. The molecular weight excluding hydrogens is 445 g/mol. The standard InChI is InChI=1S/C22H21Cl2NO6/c1-3-11(2)19(22(28)29)25-9-14-16(26)6-5-13-20(27)18(10-30-21(13)14)31-17-7-4-12(23)8-15(17)24/h4-8,10-11,19,25-26H,3,9H2,1-2H3,(H,28,29)/t11-,19-/m1/s1. The molecule has 0 unspecified atom stereocenters. The molecule has 0 aliphatic heterocycles. The molecule has 9 heteroatoms. The second-order valence-corrected chi connectivity index (χ2v) is 7.97. The van der Waals surface area contributed by atoms with Crippen LogP contribution in [-0.4, -0.2) is 22.2 Å². The Hall–Kier alpha value is -2.74. The van der Waals surface area contributed by atoms with Crippen molar-refractivity contribution in [2.75, 3.05) is 0 Å². The molecule has 0 radical (unpaired) electrons. The second kappa shape index (κ2) is 9.60. The summed E-state index contributed by atoms with van der Waals surface area (Å²) in [5, 5.41) is 23.5. The fourth-order valence-electron chi connectivity index (χ4n) is 3.13. The summed E-state index contributed by atoms with van der Waals surface area (Å²) in [6.07, 6.45) is 1.79. The Kier molecular flexibility index (Phi) is 7.10. The molecule has 1 heterocycles. The normalized spacial score (nSPS) is 13.2. The van der Waals surface area contributed by atoms with E-state index in [1.54, 1.807) is 6.07 Å². The van der Waals surface area contributed by atoms with Crippen molar-refractivity contribution in [1.82, 2.24) is 5.32 Å². The fraction of sp³-hybridized carbons (Fsp3) is 0.273. The highest BCUT2D eigenvalue weighted by Crippen LogP contribution is 2.32. The summed E-state index contributed by atoms with van der Waals surface area (Å²) in [5.74, 6) is -1.11. The van der Waals surface area contributed by atoms with Gasteiger partial charge in [0.1, 0.15) is 29.4 Å². The van der Waals surface area contributed by atoms with Gasteiger partial charge < -0.3 is 19.4 Å². The summed E-state index contributed by atoms with van der Waals surface area (Å²) >= 11 is 12.0. The molecule has 3 rings (SSSR count). The number of fused-ring (bicyclic) bond motifs is 1. The van der Waals surface area contributed by atoms with E-state index in [2.05, 4.69) is 5.32 Å². The molecule has 1 aromatic heterocycles. The summed E-state index contributed by atoms with van der Waals surface area (Å²) in [6, 6.07) is 6.54. The lowest BCUT2D eigenvalue weighted by atomic mass is 9.99. The number of aliphatic carboxylic acids is 1. The van der Waals surface area contributed by atoms with Gasteiger partial charge in [-0.25, -0.2) is 0 Å². The number of halogens is 2. The van der Waals surface area contributed by atoms with E-state index in [0.29, 0.717) is 11.4 Å². The Morgan fingerprint density at radius 1 is 1.23 bits per heavy atom. The smallest absolute Gasteiger partial charge is 0.320 e. The van der Waals surface area contributed by atoms with E-state index in [1.165, 1.54) is 24.3 Å². The molecule has 31 heavy (non-hydrogen) atoms. The Bertz CT molecular complexity index is 1180. The lowest BCUT2D eigenvalue weighted by Gasteiger charge is -2.20. The summed E-state index contributed by atoms with van der Waals surface area (Å²) in [7, 11) is 0. The van der Waals surface area contributed by atoms with Crippen molar-refractivity contribution in [3.63, 3.8) is 0 Å². The maximum absolute atomic E-state index is 12.9. The van der Waals surface area contributed by atoms with Gasteiger partial charge in [-0.3, -0.25) is 14.9 Å². The third kappa shape index (κ3) is 4.95. The monoisotopic (exact) mass is 465 g/mol. The molecule has 2 aromatic carbocycles. The summed E-state index contributed by atoms with van der Waals surface area (Å²) in [5.41, 5.74) is -0.0502. The number of nitrogens with one attached hydrogen (secondary N) is 1. The van der Waals surface area contributed by atoms with Gasteiger partial charge in [-0.15, -0.1) is 0 Å². The van der Waals surface area contributed by atoms with Crippen LogP contribution in [-0.2, 0) is 11.3 Å². The van der Waals surface area contributed by atoms with Crippen molar-refractivity contribution in [2.24, 2.45) is 5.92 Å². The number of hydrogen-bond acceptors (Lipinski definition) is 6. The van der Waals surface area contributed by atoms with Crippen LogP contribution < -0.4 is 15.5 Å². The van der Waals surface area contributed by atoms with Crippen LogP contribution in [0.5, 0.6) is 17.2 Å². The second-order valence-electron chi connectivity index (χ2n) is 7.13. The van der Waals surface area contributed by atoms with Crippen molar-refractivity contribution in [3.8, 4) is 17.2 Å². The topological polar surface area (TPSA) is 109 Å². The van der Waals surface area contributed by atoms with Gasteiger partial charge in [0, 0.05) is 11.6 Å². The van der Waals surface area contributed by atoms with E-state index in [-0.39, 0.29) is 51.3 Å². The van der Waals surface area contributed by atoms with E-state index < -0.39 is 17.4 Å². The van der Waals surface area contributed by atoms with Gasteiger partial charge >= 0.3 is 5.97 Å². The molecule has 0 fully saturated rings. The predicted molar refractivity (Wildman–Crippen MR) is 118 cm³/mol. The molecular formula is C22H21Cl2NO6. The highest BCUT2D eigenvalue weighted by molar-refractivity contribution is 6.35. The molecule has 7 nitrogen and oxygen atoms in total. The fourth-order valence-corrected chi connectivity index (χ4v) is 3.57. The maximum atomic E-state index is 12.9. The number of carbonyl (C=O) groups is 1. The van der Waals surface area contributed by atoms with Gasteiger partial charge in [0.25, 0.3) is 0 Å². The molecule has 164 valence electrons. The lowest BCUT2D eigenvalue weighted by Crippen LogP contribution is -2.41. The first-order chi connectivity index (χ1) is 14.7. The Labute approximate surface area is 188 Å². The van der Waals surface area contributed by atoms with Crippen LogP contribution in [0.4, 0.5) is 0 Å². The van der Waals surface area contributed by atoms with E-state index in [0.717, 1.165) is 6.26 Å². The van der Waals surface area contributed by atoms with Crippen molar-refractivity contribution in [3.05, 3.63) is 62.4 Å². The zero-order valence-electron chi connectivity index (χ0n) is 16.8. The Morgan fingerprint density at radius 2 is 1.97 bits per heavy atom. The third-order valence-electron chi connectivity index (χ3n) is 5.08. The zero-order valence-corrected chi connectivity index (χ0v) is 18.3. The Morgan fingerprint density at radius 3 is 2.61 bits per heavy atom. The number of ether oxygens (including phenoxy) is 1. The van der Waals surface area contributed by atoms with Gasteiger partial charge in [0.15, 0.2) is 0 Å². The summed E-state index contributed by atoms with van der Waals surface area (Å²) in [4.78, 5) is 24.5. The van der Waals surface area contributed by atoms with Gasteiger partial charge in [-0.05, 0) is 36.2 Å². The minimum atomic E-state index is -0.994. The van der Waals surface area contributed by atoms with E-state index in [9.17, 15) is 19.8 Å². The SMILES string of the molecule is CC[C@@H](C)[C@@H](NCc1c(O)ccc2c(=O)c(Oc3ccc(Cl)cc3Cl)coc12)C(=O)O. The molecule has 0 aliphatic carbocycles. The Balaban J connectivity index is 1.96. The third-order valence-corrected chi connectivity index (χ3v) is 5.61. The predicted octanol–water partition coefficient (Wildman–Crippen LogP) is 5.19. The molecule has 0 saturated heterocycles. The number of rotatable bonds is 8. The van der Waals surface area contributed by atoms with E-state index >= 15 is 0 Å².